The van der Waals surface area contributed by atoms with Gasteiger partial charge in [-0.25, -0.2) is 4.79 Å². The molecule has 0 fully saturated rings. The molecule has 6 heteroatoms. The Morgan fingerprint density at radius 3 is 2.75 bits per heavy atom. The van der Waals surface area contributed by atoms with Crippen LogP contribution in [0.3, 0.4) is 0 Å². The van der Waals surface area contributed by atoms with E-state index in [2.05, 4.69) is 26.5 Å². The van der Waals surface area contributed by atoms with Gasteiger partial charge in [-0.1, -0.05) is 46.3 Å². The van der Waals surface area contributed by atoms with E-state index in [9.17, 15) is 4.79 Å². The minimum absolute atomic E-state index is 0.335. The zero-order chi connectivity index (χ0) is 16.9. The van der Waals surface area contributed by atoms with Crippen LogP contribution in [-0.4, -0.2) is 18.8 Å². The maximum atomic E-state index is 12.0. The maximum Gasteiger partial charge on any atom is 0.354 e. The Bertz CT molecular complexity index is 890. The lowest BCUT2D eigenvalue weighted by molar-refractivity contribution is -0.132. The topological polar surface area (TPSA) is 50.7 Å². The fraction of sp³-hybridized carbons (Fsp3) is 0.111. The molecule has 0 aliphatic heterocycles. The van der Waals surface area contributed by atoms with Crippen molar-refractivity contribution in [2.75, 3.05) is 12.5 Å². The summed E-state index contributed by atoms with van der Waals surface area (Å²) in [6, 6.07) is 17.8. The van der Waals surface area contributed by atoms with Crippen LogP contribution in [0.25, 0.3) is 10.1 Å². The fourth-order valence-corrected chi connectivity index (χ4v) is 3.52. The normalized spacial score (nSPS) is 11.5. The largest absolute Gasteiger partial charge is 0.464 e. The van der Waals surface area contributed by atoms with Gasteiger partial charge in [0.1, 0.15) is 10.7 Å². The molecule has 3 aromatic rings. The van der Waals surface area contributed by atoms with Gasteiger partial charge in [-0.05, 0) is 35.2 Å². The first-order valence-corrected chi connectivity index (χ1v) is 8.90. The number of nitrogens with zero attached hydrogens (tertiary/aromatic N) is 1. The summed E-state index contributed by atoms with van der Waals surface area (Å²) in [6.07, 6.45) is 0.414. The monoisotopic (exact) mass is 402 g/mol. The third-order valence-electron chi connectivity index (χ3n) is 3.41. The molecule has 4 nitrogen and oxygen atoms in total. The molecule has 1 N–H and O–H groups in total. The molecule has 0 bridgehead atoms. The van der Waals surface area contributed by atoms with E-state index in [4.69, 9.17) is 4.74 Å². The average Bonchev–Trinajstić information content (AvgIpc) is 3.00. The molecule has 0 aliphatic carbocycles. The molecule has 1 heterocycles. The number of carbonyl (C=O) groups is 1. The lowest BCUT2D eigenvalue weighted by Gasteiger charge is -2.05. The first-order valence-electron chi connectivity index (χ1n) is 7.29. The Morgan fingerprint density at radius 1 is 1.21 bits per heavy atom. The minimum atomic E-state index is -0.435. The summed E-state index contributed by atoms with van der Waals surface area (Å²) < 4.78 is 7.02. The summed E-state index contributed by atoms with van der Waals surface area (Å²) in [5.41, 5.74) is 4.32. The number of hydrogen-bond acceptors (Lipinski definition) is 5. The van der Waals surface area contributed by atoms with Crippen LogP contribution in [0.5, 0.6) is 0 Å². The lowest BCUT2D eigenvalue weighted by Crippen LogP contribution is -2.19. The van der Waals surface area contributed by atoms with Crippen LogP contribution in [0.15, 0.2) is 64.2 Å². The van der Waals surface area contributed by atoms with Gasteiger partial charge in [-0.2, -0.15) is 5.10 Å². The highest BCUT2D eigenvalue weighted by Gasteiger charge is 2.13. The molecule has 0 saturated heterocycles. The lowest BCUT2D eigenvalue weighted by atomic mass is 10.1. The van der Waals surface area contributed by atoms with Crippen molar-refractivity contribution >= 4 is 54.0 Å². The van der Waals surface area contributed by atoms with Crippen molar-refractivity contribution in [1.82, 2.24) is 0 Å². The predicted molar refractivity (Wildman–Crippen MR) is 103 cm³/mol. The van der Waals surface area contributed by atoms with E-state index < -0.39 is 5.97 Å². The molecule has 0 atom stereocenters. The van der Waals surface area contributed by atoms with Gasteiger partial charge in [0, 0.05) is 15.6 Å². The number of hydrogen-bond donors (Lipinski definition) is 1. The number of halogens is 1. The van der Waals surface area contributed by atoms with Gasteiger partial charge in [-0.15, -0.1) is 11.3 Å². The van der Waals surface area contributed by atoms with E-state index in [1.807, 2.05) is 54.6 Å². The van der Waals surface area contributed by atoms with Crippen LogP contribution in [0.1, 0.15) is 5.56 Å². The molecule has 1 aromatic heterocycles. The van der Waals surface area contributed by atoms with E-state index in [1.54, 1.807) is 11.3 Å². The molecule has 0 amide bonds. The highest BCUT2D eigenvalue weighted by molar-refractivity contribution is 9.10. The highest BCUT2D eigenvalue weighted by Crippen LogP contribution is 2.31. The Kier molecular flexibility index (Phi) is 5.27. The van der Waals surface area contributed by atoms with Crippen molar-refractivity contribution in [1.29, 1.82) is 0 Å². The summed E-state index contributed by atoms with van der Waals surface area (Å²) in [5.74, 6) is -0.435. The number of methoxy groups -OCH3 is 1. The smallest absolute Gasteiger partial charge is 0.354 e. The summed E-state index contributed by atoms with van der Waals surface area (Å²) in [5, 5.41) is 6.26. The van der Waals surface area contributed by atoms with Crippen LogP contribution in [0.2, 0.25) is 0 Å². The van der Waals surface area contributed by atoms with Crippen molar-refractivity contribution in [2.45, 2.75) is 6.42 Å². The summed E-state index contributed by atoms with van der Waals surface area (Å²) in [4.78, 5) is 12.0. The molecule has 0 unspecified atom stereocenters. The SMILES string of the molecule is COC(=O)/C(Cc1ccccc1)=N\Nc1cc2cc(Br)ccc2s1. The molecule has 0 saturated carbocycles. The Morgan fingerprint density at radius 2 is 2.00 bits per heavy atom. The Labute approximate surface area is 152 Å². The summed E-state index contributed by atoms with van der Waals surface area (Å²) in [7, 11) is 1.36. The first kappa shape index (κ1) is 16.7. The predicted octanol–water partition coefficient (Wildman–Crippen LogP) is 4.85. The molecule has 3 rings (SSSR count). The summed E-state index contributed by atoms with van der Waals surface area (Å²) >= 11 is 5.05. The first-order chi connectivity index (χ1) is 11.7. The molecule has 0 aliphatic rings. The van der Waals surface area contributed by atoms with Crippen molar-refractivity contribution in [3.05, 3.63) is 64.6 Å². The van der Waals surface area contributed by atoms with Gasteiger partial charge in [0.15, 0.2) is 0 Å². The van der Waals surface area contributed by atoms with Crippen LogP contribution in [0.4, 0.5) is 5.00 Å². The van der Waals surface area contributed by atoms with Crippen molar-refractivity contribution in [3.8, 4) is 0 Å². The number of esters is 1. The second-order valence-electron chi connectivity index (χ2n) is 5.12. The number of ether oxygens (including phenoxy) is 1. The molecule has 122 valence electrons. The van der Waals surface area contributed by atoms with Crippen molar-refractivity contribution in [2.24, 2.45) is 5.10 Å². The van der Waals surface area contributed by atoms with Gasteiger partial charge in [-0.3, -0.25) is 5.43 Å². The molecular formula is C18H15BrN2O2S. The van der Waals surface area contributed by atoms with Crippen molar-refractivity contribution < 1.29 is 9.53 Å². The zero-order valence-corrected chi connectivity index (χ0v) is 15.4. The summed E-state index contributed by atoms with van der Waals surface area (Å²) in [6.45, 7) is 0. The number of fused-ring (bicyclic) bond motifs is 1. The number of hydrazone groups is 1. The average molecular weight is 403 g/mol. The van der Waals surface area contributed by atoms with Crippen LogP contribution < -0.4 is 5.43 Å². The number of anilines is 1. The van der Waals surface area contributed by atoms with Crippen LogP contribution in [-0.2, 0) is 16.0 Å². The van der Waals surface area contributed by atoms with E-state index in [0.29, 0.717) is 12.1 Å². The number of rotatable bonds is 5. The minimum Gasteiger partial charge on any atom is -0.464 e. The molecular weight excluding hydrogens is 388 g/mol. The van der Waals surface area contributed by atoms with Crippen LogP contribution in [0, 0.1) is 0 Å². The molecule has 2 aromatic carbocycles. The third kappa shape index (κ3) is 4.01. The molecule has 0 spiro atoms. The standard InChI is InChI=1S/C18H15BrN2O2S/c1-23-18(22)15(9-12-5-3-2-4-6-12)20-21-17-11-13-10-14(19)7-8-16(13)24-17/h2-8,10-11,21H,9H2,1H3/b20-15-. The van der Waals surface area contributed by atoms with Gasteiger partial charge >= 0.3 is 5.97 Å². The van der Waals surface area contributed by atoms with Crippen LogP contribution >= 0.6 is 27.3 Å². The number of nitrogens with one attached hydrogen (secondary N) is 1. The van der Waals surface area contributed by atoms with E-state index in [-0.39, 0.29) is 0 Å². The Balaban J connectivity index is 1.82. The second-order valence-corrected chi connectivity index (χ2v) is 7.12. The molecule has 24 heavy (non-hydrogen) atoms. The number of thiophene rings is 1. The van der Waals surface area contributed by atoms with Gasteiger partial charge in [0.2, 0.25) is 0 Å². The zero-order valence-electron chi connectivity index (χ0n) is 13.0. The van der Waals surface area contributed by atoms with Crippen molar-refractivity contribution in [3.63, 3.8) is 0 Å². The quantitative estimate of drug-likeness (QED) is 0.377. The molecule has 0 radical (unpaired) electrons. The van der Waals surface area contributed by atoms with Gasteiger partial charge in [0.25, 0.3) is 0 Å². The fourth-order valence-electron chi connectivity index (χ4n) is 2.26. The van der Waals surface area contributed by atoms with E-state index >= 15 is 0 Å². The second kappa shape index (κ2) is 7.59. The highest BCUT2D eigenvalue weighted by atomic mass is 79.9. The van der Waals surface area contributed by atoms with Gasteiger partial charge in [0.05, 0.1) is 7.11 Å². The van der Waals surface area contributed by atoms with E-state index in [0.717, 1.165) is 25.1 Å². The van der Waals surface area contributed by atoms with Gasteiger partial charge < -0.3 is 4.74 Å². The Hall–Kier alpha value is -2.18. The number of carbonyl (C=O) groups excluding carboxylic acids is 1. The third-order valence-corrected chi connectivity index (χ3v) is 4.93. The van der Waals surface area contributed by atoms with E-state index in [1.165, 1.54) is 7.11 Å². The number of benzene rings is 2. The maximum absolute atomic E-state index is 12.0.